The van der Waals surface area contributed by atoms with E-state index in [9.17, 15) is 8.42 Å². The predicted octanol–water partition coefficient (Wildman–Crippen LogP) is 1.45. The van der Waals surface area contributed by atoms with E-state index in [0.717, 1.165) is 4.31 Å². The zero-order chi connectivity index (χ0) is 10.6. The van der Waals surface area contributed by atoms with Gasteiger partial charge in [-0.15, -0.1) is 8.42 Å². The molecule has 14 heavy (non-hydrogen) atoms. The van der Waals surface area contributed by atoms with Gasteiger partial charge in [-0.2, -0.15) is 0 Å². The van der Waals surface area contributed by atoms with Crippen molar-refractivity contribution in [2.45, 2.75) is 0 Å². The van der Waals surface area contributed by atoms with Crippen LogP contribution >= 0.6 is 0 Å². The van der Waals surface area contributed by atoms with Crippen LogP contribution in [0.2, 0.25) is 0 Å². The standard InChI is InChI=1S/C9H11NO3S/c1-2-8-10(14(11,12)13)9-6-4-3-5-7-9/h2-7H,1,8H2,(H,11,12,13)/q+1. The monoisotopic (exact) mass is 213 g/mol. The number of rotatable bonds is 4. The Hall–Kier alpha value is -1.17. The Morgan fingerprint density at radius 1 is 1.36 bits per heavy atom. The van der Waals surface area contributed by atoms with Crippen molar-refractivity contribution >= 4 is 16.0 Å². The van der Waals surface area contributed by atoms with E-state index in [1.165, 1.54) is 6.08 Å². The van der Waals surface area contributed by atoms with Crippen LogP contribution in [0, 0.1) is 0 Å². The second-order valence-corrected chi connectivity index (χ2v) is 3.97. The largest absolute Gasteiger partial charge is 0.485 e. The summed E-state index contributed by atoms with van der Waals surface area (Å²) in [6.07, 6.45) is 1.40. The predicted molar refractivity (Wildman–Crippen MR) is 54.8 cm³/mol. The minimum Gasteiger partial charge on any atom is -0.237 e. The lowest BCUT2D eigenvalue weighted by atomic mass is 10.3. The van der Waals surface area contributed by atoms with Crippen molar-refractivity contribution in [2.24, 2.45) is 0 Å². The molecule has 0 bridgehead atoms. The molecule has 0 saturated carbocycles. The van der Waals surface area contributed by atoms with Crippen LogP contribution in [0.4, 0.5) is 5.69 Å². The molecule has 0 amide bonds. The highest BCUT2D eigenvalue weighted by Gasteiger charge is 2.31. The topological polar surface area (TPSA) is 60.3 Å². The van der Waals surface area contributed by atoms with Crippen LogP contribution in [-0.4, -0.2) is 19.5 Å². The van der Waals surface area contributed by atoms with Gasteiger partial charge in [-0.3, -0.25) is 0 Å². The molecule has 1 aromatic carbocycles. The van der Waals surface area contributed by atoms with Gasteiger partial charge < -0.3 is 0 Å². The van der Waals surface area contributed by atoms with Crippen molar-refractivity contribution in [1.82, 2.24) is 4.31 Å². The van der Waals surface area contributed by atoms with Crippen LogP contribution in [0.25, 0.3) is 0 Å². The van der Waals surface area contributed by atoms with Crippen LogP contribution in [0.1, 0.15) is 0 Å². The van der Waals surface area contributed by atoms with Gasteiger partial charge in [0.2, 0.25) is 5.69 Å². The van der Waals surface area contributed by atoms with Gasteiger partial charge in [-0.25, -0.2) is 4.55 Å². The number of para-hydroxylation sites is 1. The van der Waals surface area contributed by atoms with Crippen molar-refractivity contribution < 1.29 is 13.0 Å². The highest BCUT2D eigenvalue weighted by Crippen LogP contribution is 2.15. The molecule has 1 aromatic rings. The van der Waals surface area contributed by atoms with Crippen molar-refractivity contribution in [3.05, 3.63) is 43.0 Å². The lowest BCUT2D eigenvalue weighted by Gasteiger charge is -2.03. The van der Waals surface area contributed by atoms with Crippen molar-refractivity contribution in [2.75, 3.05) is 6.54 Å². The van der Waals surface area contributed by atoms with Crippen LogP contribution in [0.3, 0.4) is 0 Å². The first-order valence-electron chi connectivity index (χ1n) is 3.97. The summed E-state index contributed by atoms with van der Waals surface area (Å²) in [5.41, 5.74) is 0.412. The summed E-state index contributed by atoms with van der Waals surface area (Å²) in [6, 6.07) is 8.33. The van der Waals surface area contributed by atoms with E-state index >= 15 is 0 Å². The smallest absolute Gasteiger partial charge is 0.237 e. The van der Waals surface area contributed by atoms with Crippen molar-refractivity contribution in [3.63, 3.8) is 0 Å². The molecule has 0 atom stereocenters. The second kappa shape index (κ2) is 4.36. The van der Waals surface area contributed by atoms with Crippen molar-refractivity contribution in [1.29, 1.82) is 0 Å². The lowest BCUT2D eigenvalue weighted by molar-refractivity contribution is 0.453. The molecule has 1 N–H and O–H groups in total. The van der Waals surface area contributed by atoms with Gasteiger partial charge in [0.25, 0.3) is 0 Å². The van der Waals surface area contributed by atoms with Crippen LogP contribution in [0.15, 0.2) is 43.0 Å². The molecule has 0 fully saturated rings. The van der Waals surface area contributed by atoms with E-state index in [1.54, 1.807) is 30.3 Å². The summed E-state index contributed by atoms with van der Waals surface area (Å²) in [5, 5.41) is 0. The molecule has 1 radical (unpaired) electrons. The first kappa shape index (κ1) is 10.9. The van der Waals surface area contributed by atoms with E-state index in [4.69, 9.17) is 4.55 Å². The van der Waals surface area contributed by atoms with Crippen molar-refractivity contribution in [3.8, 4) is 0 Å². The average Bonchev–Trinajstić information content (AvgIpc) is 2.14. The van der Waals surface area contributed by atoms with E-state index in [0.29, 0.717) is 5.69 Å². The Bertz CT molecular complexity index is 399. The van der Waals surface area contributed by atoms with E-state index in [2.05, 4.69) is 6.58 Å². The highest BCUT2D eigenvalue weighted by atomic mass is 32.2. The Labute approximate surface area is 83.4 Å². The fourth-order valence-electron chi connectivity index (χ4n) is 1.04. The maximum Gasteiger partial charge on any atom is 0.485 e. The van der Waals surface area contributed by atoms with E-state index < -0.39 is 10.3 Å². The van der Waals surface area contributed by atoms with Gasteiger partial charge in [-0.05, 0) is 6.08 Å². The Balaban J connectivity index is 3.07. The first-order valence-corrected chi connectivity index (χ1v) is 5.36. The molecule has 5 heteroatoms. The van der Waals surface area contributed by atoms with Gasteiger partial charge >= 0.3 is 10.3 Å². The summed E-state index contributed by atoms with van der Waals surface area (Å²) in [4.78, 5) is 0. The summed E-state index contributed by atoms with van der Waals surface area (Å²) in [7, 11) is -4.22. The van der Waals surface area contributed by atoms with Gasteiger partial charge in [0, 0.05) is 16.4 Å². The molecule has 4 nitrogen and oxygen atoms in total. The van der Waals surface area contributed by atoms with E-state index in [-0.39, 0.29) is 6.54 Å². The third-order valence-electron chi connectivity index (χ3n) is 1.62. The van der Waals surface area contributed by atoms with Crippen LogP contribution in [-0.2, 0) is 10.3 Å². The maximum atomic E-state index is 11.0. The Kier molecular flexibility index (Phi) is 3.40. The normalized spacial score (nSPS) is 11.6. The molecule has 0 unspecified atom stereocenters. The fraction of sp³-hybridized carbons (Fsp3) is 0.111. The maximum absolute atomic E-state index is 11.0. The molecule has 0 aromatic heterocycles. The van der Waals surface area contributed by atoms with Gasteiger partial charge in [0.1, 0.15) is 0 Å². The minimum atomic E-state index is -4.22. The molecule has 75 valence electrons. The molecule has 0 heterocycles. The SMILES string of the molecule is C=CC[N+](c1ccccc1)S(=O)(=O)O. The molecule has 0 aliphatic carbocycles. The number of hydrogen-bond donors (Lipinski definition) is 1. The average molecular weight is 213 g/mol. The molecule has 0 aliphatic rings. The van der Waals surface area contributed by atoms with Gasteiger partial charge in [0.05, 0.1) is 0 Å². The Morgan fingerprint density at radius 3 is 2.36 bits per heavy atom. The summed E-state index contributed by atoms with van der Waals surface area (Å²) in [5.74, 6) is 0. The summed E-state index contributed by atoms with van der Waals surface area (Å²) >= 11 is 0. The molecule has 0 saturated heterocycles. The highest BCUT2D eigenvalue weighted by molar-refractivity contribution is 7.84. The number of anilines is 1. The van der Waals surface area contributed by atoms with Crippen LogP contribution < -0.4 is 4.31 Å². The molecular formula is C9H11NO3S+. The second-order valence-electron chi connectivity index (χ2n) is 2.63. The zero-order valence-corrected chi connectivity index (χ0v) is 8.31. The third kappa shape index (κ3) is 2.66. The molecule has 0 aliphatic heterocycles. The Morgan fingerprint density at radius 2 is 1.93 bits per heavy atom. The molecular weight excluding hydrogens is 202 g/mol. The first-order chi connectivity index (χ1) is 6.55. The zero-order valence-electron chi connectivity index (χ0n) is 7.50. The van der Waals surface area contributed by atoms with Gasteiger partial charge in [-0.1, -0.05) is 24.8 Å². The molecule has 1 rings (SSSR count). The summed E-state index contributed by atoms with van der Waals surface area (Å²) in [6.45, 7) is 3.47. The number of nitrogens with zero attached hydrogens (tertiary/aromatic N) is 1. The third-order valence-corrected chi connectivity index (χ3v) is 2.53. The van der Waals surface area contributed by atoms with Gasteiger partial charge in [0.15, 0.2) is 6.54 Å². The quantitative estimate of drug-likeness (QED) is 0.468. The minimum absolute atomic E-state index is 0.0445. The van der Waals surface area contributed by atoms with E-state index in [1.807, 2.05) is 0 Å². The molecule has 0 spiro atoms. The van der Waals surface area contributed by atoms with Crippen LogP contribution in [0.5, 0.6) is 0 Å². The number of hydrogen-bond acceptors (Lipinski definition) is 2. The number of benzene rings is 1. The lowest BCUT2D eigenvalue weighted by Crippen LogP contribution is -2.31. The fourth-order valence-corrected chi connectivity index (χ4v) is 1.73. The summed E-state index contributed by atoms with van der Waals surface area (Å²) < 4.78 is 31.7.